The molecule has 0 fully saturated rings. The van der Waals surface area contributed by atoms with Crippen molar-refractivity contribution in [2.24, 2.45) is 0 Å². The first-order valence-electron chi connectivity index (χ1n) is 3.84. The average molecular weight is 183 g/mol. The summed E-state index contributed by atoms with van der Waals surface area (Å²) in [6, 6.07) is 0. The van der Waals surface area contributed by atoms with Crippen molar-refractivity contribution in [3.63, 3.8) is 0 Å². The average Bonchev–Trinajstić information content (AvgIpc) is 2.16. The predicted octanol–water partition coefficient (Wildman–Crippen LogP) is 1.22. The number of rotatable bonds is 8. The highest BCUT2D eigenvalue weighted by molar-refractivity contribution is 5.01. The van der Waals surface area contributed by atoms with Gasteiger partial charge in [0.25, 0.3) is 6.26 Å². The minimum atomic E-state index is 0.277. The first kappa shape index (κ1) is 11.5. The molecule has 0 heterocycles. The highest BCUT2D eigenvalue weighted by Crippen LogP contribution is 1.92. The monoisotopic (exact) mass is 183 g/mol. The van der Waals surface area contributed by atoms with Crippen molar-refractivity contribution in [3.8, 4) is 6.26 Å². The molecule has 0 radical (unpaired) electrons. The molecule has 0 spiro atoms. The van der Waals surface area contributed by atoms with E-state index in [0.717, 1.165) is 0 Å². The third-order valence-electron chi connectivity index (χ3n) is 1.14. The van der Waals surface area contributed by atoms with E-state index in [1.807, 2.05) is 0 Å². The van der Waals surface area contributed by atoms with E-state index in [2.05, 4.69) is 17.9 Å². The van der Waals surface area contributed by atoms with Crippen LogP contribution < -0.4 is 0 Å². The summed E-state index contributed by atoms with van der Waals surface area (Å²) in [4.78, 5) is 0. The van der Waals surface area contributed by atoms with Crippen LogP contribution in [0.3, 0.4) is 0 Å². The molecule has 0 aromatic carbocycles. The molecule has 4 heteroatoms. The van der Waals surface area contributed by atoms with E-state index >= 15 is 0 Å². The normalized spacial score (nSPS) is 8.54. The summed E-state index contributed by atoms with van der Waals surface area (Å²) in [5, 5.41) is 8.00. The maximum absolute atomic E-state index is 8.00. The molecule has 0 amide bonds. The number of allylic oxidation sites excluding steroid dienone is 1. The van der Waals surface area contributed by atoms with Crippen LogP contribution in [-0.4, -0.2) is 26.4 Å². The minimum absolute atomic E-state index is 0.277. The fourth-order valence-corrected chi connectivity index (χ4v) is 0.539. The molecule has 0 aliphatic rings. The Morgan fingerprint density at radius 2 is 2.00 bits per heavy atom. The quantitative estimate of drug-likeness (QED) is 0.246. The smallest absolute Gasteiger partial charge is 0.286 e. The van der Waals surface area contributed by atoms with Crippen LogP contribution in [0.1, 0.15) is 0 Å². The molecule has 0 N–H and O–H groups in total. The van der Waals surface area contributed by atoms with E-state index in [1.165, 1.54) is 6.08 Å². The van der Waals surface area contributed by atoms with Crippen LogP contribution in [0.15, 0.2) is 25.0 Å². The Morgan fingerprint density at radius 3 is 2.62 bits per heavy atom. The van der Waals surface area contributed by atoms with E-state index in [4.69, 9.17) is 14.7 Å². The van der Waals surface area contributed by atoms with Gasteiger partial charge in [-0.1, -0.05) is 13.2 Å². The Bertz CT molecular complexity index is 196. The van der Waals surface area contributed by atoms with Crippen LogP contribution in [0.5, 0.6) is 0 Å². The molecular formula is C9H13NO3. The Labute approximate surface area is 78.0 Å². The number of nitriles is 1. The van der Waals surface area contributed by atoms with Gasteiger partial charge in [-0.05, 0) is 6.08 Å². The van der Waals surface area contributed by atoms with Crippen LogP contribution in [-0.2, 0) is 14.2 Å². The minimum Gasteiger partial charge on any atom is -0.492 e. The van der Waals surface area contributed by atoms with Gasteiger partial charge in [-0.3, -0.25) is 0 Å². The molecule has 0 rings (SSSR count). The van der Waals surface area contributed by atoms with Gasteiger partial charge in [0.05, 0.1) is 13.2 Å². The lowest BCUT2D eigenvalue weighted by Crippen LogP contribution is -2.07. The highest BCUT2D eigenvalue weighted by Gasteiger charge is 1.90. The van der Waals surface area contributed by atoms with Crippen molar-refractivity contribution in [3.05, 3.63) is 25.0 Å². The molecule has 0 atom stereocenters. The zero-order valence-electron chi connectivity index (χ0n) is 7.49. The lowest BCUT2D eigenvalue weighted by atomic mass is 10.5. The van der Waals surface area contributed by atoms with Crippen molar-refractivity contribution in [2.45, 2.75) is 0 Å². The van der Waals surface area contributed by atoms with Crippen LogP contribution >= 0.6 is 0 Å². The summed E-state index contributed by atoms with van der Waals surface area (Å²) < 4.78 is 14.5. The second kappa shape index (κ2) is 8.62. The largest absolute Gasteiger partial charge is 0.492 e. The molecule has 4 nitrogen and oxygen atoms in total. The van der Waals surface area contributed by atoms with E-state index < -0.39 is 0 Å². The molecule has 72 valence electrons. The second-order valence-corrected chi connectivity index (χ2v) is 2.07. The van der Waals surface area contributed by atoms with Gasteiger partial charge < -0.3 is 14.2 Å². The Balaban J connectivity index is 3.04. The lowest BCUT2D eigenvalue weighted by molar-refractivity contribution is 0.0549. The van der Waals surface area contributed by atoms with Crippen molar-refractivity contribution in [1.29, 1.82) is 5.26 Å². The molecule has 13 heavy (non-hydrogen) atoms. The summed E-state index contributed by atoms with van der Waals surface area (Å²) in [5.74, 6) is 0.525. The molecule has 0 unspecified atom stereocenters. The summed E-state index contributed by atoms with van der Waals surface area (Å²) >= 11 is 0. The van der Waals surface area contributed by atoms with Crippen molar-refractivity contribution in [2.75, 3.05) is 26.4 Å². The van der Waals surface area contributed by atoms with E-state index in [0.29, 0.717) is 25.6 Å². The Kier molecular flexibility index (Phi) is 7.65. The fourth-order valence-electron chi connectivity index (χ4n) is 0.539. The molecule has 0 saturated heterocycles. The zero-order valence-corrected chi connectivity index (χ0v) is 7.49. The first-order valence-corrected chi connectivity index (χ1v) is 3.84. The summed E-state index contributed by atoms with van der Waals surface area (Å²) in [6.45, 7) is 8.57. The molecule has 0 aromatic rings. The van der Waals surface area contributed by atoms with Gasteiger partial charge in [0.2, 0.25) is 0 Å². The number of nitrogens with zero attached hydrogens (tertiary/aromatic N) is 1. The number of hydrogen-bond acceptors (Lipinski definition) is 4. The topological polar surface area (TPSA) is 51.5 Å². The lowest BCUT2D eigenvalue weighted by Gasteiger charge is -2.05. The van der Waals surface area contributed by atoms with Gasteiger partial charge in [-0.25, -0.2) is 0 Å². The number of hydrogen-bond donors (Lipinski definition) is 0. The zero-order chi connectivity index (χ0) is 9.94. The Hall–Kier alpha value is -1.47. The predicted molar refractivity (Wildman–Crippen MR) is 47.7 cm³/mol. The molecule has 0 aliphatic heterocycles. The third-order valence-corrected chi connectivity index (χ3v) is 1.14. The number of ether oxygens (including phenoxy) is 3. The molecule has 0 bridgehead atoms. The van der Waals surface area contributed by atoms with E-state index in [-0.39, 0.29) is 6.61 Å². The second-order valence-electron chi connectivity index (χ2n) is 2.07. The first-order chi connectivity index (χ1) is 6.31. The van der Waals surface area contributed by atoms with Crippen LogP contribution in [0, 0.1) is 11.5 Å². The summed E-state index contributed by atoms with van der Waals surface area (Å²) in [7, 11) is 0. The van der Waals surface area contributed by atoms with Gasteiger partial charge in [0, 0.05) is 0 Å². The van der Waals surface area contributed by atoms with E-state index in [9.17, 15) is 0 Å². The fraction of sp³-hybridized carbons (Fsp3) is 0.444. The van der Waals surface area contributed by atoms with Crippen molar-refractivity contribution >= 4 is 0 Å². The maximum atomic E-state index is 8.00. The molecule has 0 saturated carbocycles. The van der Waals surface area contributed by atoms with Gasteiger partial charge >= 0.3 is 0 Å². The SMILES string of the molecule is C=CC(=C)OCCOCCOC#N. The molecule has 0 aliphatic carbocycles. The van der Waals surface area contributed by atoms with Gasteiger partial charge in [-0.15, -0.1) is 0 Å². The van der Waals surface area contributed by atoms with Crippen LogP contribution in [0.25, 0.3) is 0 Å². The van der Waals surface area contributed by atoms with Gasteiger partial charge in [0.15, 0.2) is 0 Å². The molecular weight excluding hydrogens is 170 g/mol. The van der Waals surface area contributed by atoms with Gasteiger partial charge in [-0.2, -0.15) is 5.26 Å². The van der Waals surface area contributed by atoms with Crippen molar-refractivity contribution in [1.82, 2.24) is 0 Å². The van der Waals surface area contributed by atoms with Crippen molar-refractivity contribution < 1.29 is 14.2 Å². The summed E-state index contributed by atoms with van der Waals surface area (Å²) in [5.41, 5.74) is 0. The van der Waals surface area contributed by atoms with Crippen LogP contribution in [0.4, 0.5) is 0 Å². The van der Waals surface area contributed by atoms with Gasteiger partial charge in [0.1, 0.15) is 19.0 Å². The highest BCUT2D eigenvalue weighted by atomic mass is 16.5. The third kappa shape index (κ3) is 8.44. The Morgan fingerprint density at radius 1 is 1.31 bits per heavy atom. The van der Waals surface area contributed by atoms with E-state index in [1.54, 1.807) is 6.26 Å². The maximum Gasteiger partial charge on any atom is 0.286 e. The molecule has 0 aromatic heterocycles. The summed E-state index contributed by atoms with van der Waals surface area (Å²) in [6.07, 6.45) is 3.07. The standard InChI is InChI=1S/C9H13NO3/c1-3-9(2)13-7-6-11-4-5-12-8-10/h3H,1-2,4-7H2. The van der Waals surface area contributed by atoms with Crippen LogP contribution in [0.2, 0.25) is 0 Å².